The van der Waals surface area contributed by atoms with Crippen LogP contribution in [0.2, 0.25) is 5.02 Å². The van der Waals surface area contributed by atoms with Crippen molar-refractivity contribution in [2.24, 2.45) is 5.92 Å². The monoisotopic (exact) mass is 453 g/mol. The molecule has 4 rings (SSSR count). The molecule has 1 amide bonds. The van der Waals surface area contributed by atoms with E-state index in [1.54, 1.807) is 11.3 Å². The number of hydrogen-bond acceptors (Lipinski definition) is 5. The third-order valence-corrected chi connectivity index (χ3v) is 7.06. The molecule has 1 aromatic heterocycles. The van der Waals surface area contributed by atoms with E-state index in [2.05, 4.69) is 15.2 Å². The minimum Gasteiger partial charge on any atom is -0.370 e. The molecule has 0 spiro atoms. The zero-order valence-electron chi connectivity index (χ0n) is 17.3. The molecule has 1 fully saturated rings. The van der Waals surface area contributed by atoms with E-state index in [-0.39, 0.29) is 11.8 Å². The predicted molar refractivity (Wildman–Crippen MR) is 126 cm³/mol. The summed E-state index contributed by atoms with van der Waals surface area (Å²) in [5, 5.41) is 4.72. The van der Waals surface area contributed by atoms with Gasteiger partial charge in [0.1, 0.15) is 5.01 Å². The number of halogens is 1. The van der Waals surface area contributed by atoms with Crippen molar-refractivity contribution in [1.82, 2.24) is 10.3 Å². The molecule has 1 unspecified atom stereocenters. The van der Waals surface area contributed by atoms with Crippen LogP contribution >= 0.6 is 22.9 Å². The lowest BCUT2D eigenvalue weighted by molar-refractivity contribution is -0.125. The number of aldehydes is 1. The molecular formula is C24H24ClN3O2S. The molecule has 31 heavy (non-hydrogen) atoms. The van der Waals surface area contributed by atoms with Crippen LogP contribution < -0.4 is 10.2 Å². The van der Waals surface area contributed by atoms with Gasteiger partial charge in [0.15, 0.2) is 6.29 Å². The number of benzene rings is 2. The third-order valence-electron chi connectivity index (χ3n) is 5.60. The van der Waals surface area contributed by atoms with Crippen LogP contribution in [-0.2, 0) is 11.3 Å². The summed E-state index contributed by atoms with van der Waals surface area (Å²) in [7, 11) is 0. The molecule has 7 heteroatoms. The van der Waals surface area contributed by atoms with E-state index in [0.29, 0.717) is 23.7 Å². The molecular weight excluding hydrogens is 430 g/mol. The van der Waals surface area contributed by atoms with E-state index >= 15 is 0 Å². The molecule has 1 aliphatic rings. The van der Waals surface area contributed by atoms with E-state index in [1.807, 2.05) is 55.5 Å². The Bertz CT molecular complexity index is 1080. The Morgan fingerprint density at radius 2 is 2.03 bits per heavy atom. The summed E-state index contributed by atoms with van der Waals surface area (Å²) in [6.45, 7) is 3.91. The highest BCUT2D eigenvalue weighted by Crippen LogP contribution is 2.29. The average Bonchev–Trinajstić information content (AvgIpc) is 3.18. The van der Waals surface area contributed by atoms with E-state index in [9.17, 15) is 9.59 Å². The Hall–Kier alpha value is -2.70. The lowest BCUT2D eigenvalue weighted by atomic mass is 9.96. The Balaban J connectivity index is 1.39. The summed E-state index contributed by atoms with van der Waals surface area (Å²) < 4.78 is 0. The minimum absolute atomic E-state index is 0.0501. The molecule has 0 saturated carbocycles. The van der Waals surface area contributed by atoms with Gasteiger partial charge in [-0.1, -0.05) is 35.9 Å². The Morgan fingerprint density at radius 3 is 2.81 bits per heavy atom. The van der Waals surface area contributed by atoms with Gasteiger partial charge in [-0.2, -0.15) is 0 Å². The predicted octanol–water partition coefficient (Wildman–Crippen LogP) is 5.12. The van der Waals surface area contributed by atoms with Crippen molar-refractivity contribution in [2.75, 3.05) is 18.0 Å². The summed E-state index contributed by atoms with van der Waals surface area (Å²) in [4.78, 5) is 32.1. The third kappa shape index (κ3) is 4.97. The number of rotatable bonds is 6. The van der Waals surface area contributed by atoms with E-state index in [0.717, 1.165) is 52.5 Å². The molecule has 1 saturated heterocycles. The first kappa shape index (κ1) is 21.5. The van der Waals surface area contributed by atoms with Gasteiger partial charge in [0.25, 0.3) is 0 Å². The van der Waals surface area contributed by atoms with Gasteiger partial charge in [-0.05, 0) is 44.0 Å². The minimum atomic E-state index is -0.0996. The van der Waals surface area contributed by atoms with Gasteiger partial charge < -0.3 is 10.2 Å². The highest BCUT2D eigenvalue weighted by atomic mass is 35.5. The molecule has 1 atom stereocenters. The van der Waals surface area contributed by atoms with Crippen LogP contribution in [0.5, 0.6) is 0 Å². The fourth-order valence-corrected chi connectivity index (χ4v) is 5.04. The summed E-state index contributed by atoms with van der Waals surface area (Å²) in [5.74, 6) is -0.0495. The highest BCUT2D eigenvalue weighted by Gasteiger charge is 2.27. The van der Waals surface area contributed by atoms with Gasteiger partial charge in [0.2, 0.25) is 5.91 Å². The lowest BCUT2D eigenvalue weighted by Crippen LogP contribution is -2.43. The van der Waals surface area contributed by atoms with Crippen molar-refractivity contribution >= 4 is 40.8 Å². The first-order chi connectivity index (χ1) is 15.0. The summed E-state index contributed by atoms with van der Waals surface area (Å²) >= 11 is 7.57. The fourth-order valence-electron chi connectivity index (χ4n) is 3.90. The first-order valence-corrected chi connectivity index (χ1v) is 11.5. The zero-order valence-corrected chi connectivity index (χ0v) is 18.9. The number of anilines is 1. The first-order valence-electron chi connectivity index (χ1n) is 10.3. The van der Waals surface area contributed by atoms with Gasteiger partial charge in [0.05, 0.1) is 18.2 Å². The maximum absolute atomic E-state index is 12.9. The maximum Gasteiger partial charge on any atom is 0.225 e. The summed E-state index contributed by atoms with van der Waals surface area (Å²) in [6, 6.07) is 15.2. The number of carbonyl (C=O) groups excluding carboxylic acids is 2. The second-order valence-electron chi connectivity index (χ2n) is 7.71. The number of nitrogens with one attached hydrogen (secondary N) is 1. The number of amides is 1. The van der Waals surface area contributed by atoms with E-state index in [4.69, 9.17) is 11.6 Å². The van der Waals surface area contributed by atoms with Gasteiger partial charge >= 0.3 is 0 Å². The van der Waals surface area contributed by atoms with Crippen molar-refractivity contribution < 1.29 is 9.59 Å². The Morgan fingerprint density at radius 1 is 1.26 bits per heavy atom. The molecule has 0 bridgehead atoms. The van der Waals surface area contributed by atoms with Crippen molar-refractivity contribution in [3.63, 3.8) is 0 Å². The molecule has 5 nitrogen and oxygen atoms in total. The SMILES string of the molecule is Cc1nc(-c2ccc(Cl)cc2)sc1CNC(=O)C1CCCN(c2ccccc2C=O)C1. The summed E-state index contributed by atoms with van der Waals surface area (Å²) in [5.41, 5.74) is 3.52. The maximum atomic E-state index is 12.9. The molecule has 2 heterocycles. The second-order valence-corrected chi connectivity index (χ2v) is 9.23. The largest absolute Gasteiger partial charge is 0.370 e. The molecule has 0 radical (unpaired) electrons. The average molecular weight is 454 g/mol. The molecule has 2 aromatic carbocycles. The standard InChI is InChI=1S/C24H24ClN3O2S/c1-16-22(31-24(27-16)17-8-10-20(25)11-9-17)13-26-23(30)18-6-4-12-28(14-18)21-7-3-2-5-19(21)15-29/h2-3,5,7-11,15,18H,4,6,12-14H2,1H3,(H,26,30). The van der Waals surface area contributed by atoms with Crippen LogP contribution in [0.25, 0.3) is 10.6 Å². The molecule has 1 aliphatic heterocycles. The topological polar surface area (TPSA) is 62.3 Å². The highest BCUT2D eigenvalue weighted by molar-refractivity contribution is 7.15. The number of nitrogens with zero attached hydrogens (tertiary/aromatic N) is 2. The van der Waals surface area contributed by atoms with Crippen LogP contribution in [0.3, 0.4) is 0 Å². The van der Waals surface area contributed by atoms with Gasteiger partial charge in [-0.25, -0.2) is 4.98 Å². The second kappa shape index (κ2) is 9.62. The van der Waals surface area contributed by atoms with E-state index < -0.39 is 0 Å². The molecule has 0 aliphatic carbocycles. The number of para-hydroxylation sites is 1. The molecule has 160 valence electrons. The smallest absolute Gasteiger partial charge is 0.225 e. The number of aryl methyl sites for hydroxylation is 1. The quantitative estimate of drug-likeness (QED) is 0.526. The van der Waals surface area contributed by atoms with Gasteiger partial charge in [-0.15, -0.1) is 11.3 Å². The normalized spacial score (nSPS) is 16.2. The Kier molecular flexibility index (Phi) is 6.68. The molecule has 3 aromatic rings. The van der Waals surface area contributed by atoms with Crippen LogP contribution in [0.15, 0.2) is 48.5 Å². The number of carbonyl (C=O) groups is 2. The number of aromatic nitrogens is 1. The van der Waals surface area contributed by atoms with E-state index in [1.165, 1.54) is 0 Å². The van der Waals surface area contributed by atoms with Crippen molar-refractivity contribution in [3.8, 4) is 10.6 Å². The lowest BCUT2D eigenvalue weighted by Gasteiger charge is -2.34. The van der Waals surface area contributed by atoms with Crippen LogP contribution in [0.4, 0.5) is 5.69 Å². The van der Waals surface area contributed by atoms with Crippen molar-refractivity contribution in [2.45, 2.75) is 26.3 Å². The zero-order chi connectivity index (χ0) is 21.8. The van der Waals surface area contributed by atoms with Crippen molar-refractivity contribution in [3.05, 3.63) is 69.7 Å². The number of hydrogen-bond donors (Lipinski definition) is 1. The molecule has 1 N–H and O–H groups in total. The van der Waals surface area contributed by atoms with Crippen LogP contribution in [0.1, 0.15) is 33.8 Å². The van der Waals surface area contributed by atoms with Crippen molar-refractivity contribution in [1.29, 1.82) is 0 Å². The van der Waals surface area contributed by atoms with Crippen LogP contribution in [0, 0.1) is 12.8 Å². The summed E-state index contributed by atoms with van der Waals surface area (Å²) in [6.07, 6.45) is 2.65. The van der Waals surface area contributed by atoms with Crippen LogP contribution in [-0.4, -0.2) is 30.3 Å². The van der Waals surface area contributed by atoms with Gasteiger partial charge in [-0.3, -0.25) is 9.59 Å². The Labute approximate surface area is 191 Å². The fraction of sp³-hybridized carbons (Fsp3) is 0.292. The van der Waals surface area contributed by atoms with Gasteiger partial charge in [0, 0.05) is 39.8 Å². The number of piperidine rings is 1. The number of thiazole rings is 1.